The van der Waals surface area contributed by atoms with Crippen LogP contribution in [-0.4, -0.2) is 17.4 Å². The molecule has 1 aromatic carbocycles. The van der Waals surface area contributed by atoms with Crippen molar-refractivity contribution in [1.29, 1.82) is 0 Å². The van der Waals surface area contributed by atoms with Crippen molar-refractivity contribution in [3.05, 3.63) is 39.9 Å². The van der Waals surface area contributed by atoms with Gasteiger partial charge in [-0.15, -0.1) is 0 Å². The number of carbonyl (C=O) groups is 2. The van der Waals surface area contributed by atoms with Gasteiger partial charge in [-0.3, -0.25) is 0 Å². The van der Waals surface area contributed by atoms with Gasteiger partial charge >= 0.3 is 5.97 Å². The lowest BCUT2D eigenvalue weighted by Crippen LogP contribution is -1.89. The molecule has 84 valence electrons. The second kappa shape index (κ2) is 6.23. The quantitative estimate of drug-likeness (QED) is 0.667. The maximum atomic E-state index is 10.4. The highest BCUT2D eigenvalue weighted by Gasteiger charge is 1.98. The molecule has 0 aliphatic heterocycles. The molecule has 0 unspecified atom stereocenters. The van der Waals surface area contributed by atoms with E-state index in [4.69, 9.17) is 5.11 Å². The fourth-order valence-corrected chi connectivity index (χ4v) is 1.87. The van der Waals surface area contributed by atoms with Crippen LogP contribution in [0.3, 0.4) is 0 Å². The van der Waals surface area contributed by atoms with Crippen molar-refractivity contribution in [3.63, 3.8) is 0 Å². The van der Waals surface area contributed by atoms with Gasteiger partial charge in [0, 0.05) is 17.0 Å². The summed E-state index contributed by atoms with van der Waals surface area (Å²) in [6, 6.07) is 5.61. The zero-order valence-electron chi connectivity index (χ0n) is 8.52. The Morgan fingerprint density at radius 2 is 2.12 bits per heavy atom. The van der Waals surface area contributed by atoms with E-state index >= 15 is 0 Å². The summed E-state index contributed by atoms with van der Waals surface area (Å²) in [5.74, 6) is -0.977. The summed E-state index contributed by atoms with van der Waals surface area (Å²) in [4.78, 5) is 20.6. The van der Waals surface area contributed by atoms with Crippen LogP contribution in [0.1, 0.15) is 17.5 Å². The molecule has 1 N–H and O–H groups in total. The standard InChI is InChI=1S/C12H11BrO3/c13-11-7-9(2-1-5-14)6-10(8-11)3-4-12(15)16/h3-8H,1-2H2,(H,15,16)/b4-3+. The summed E-state index contributed by atoms with van der Waals surface area (Å²) in [6.07, 6.45) is 4.62. The van der Waals surface area contributed by atoms with E-state index in [0.717, 1.165) is 28.0 Å². The highest BCUT2D eigenvalue weighted by molar-refractivity contribution is 9.10. The van der Waals surface area contributed by atoms with Crippen molar-refractivity contribution in [3.8, 4) is 0 Å². The molecular formula is C12H11BrO3. The van der Waals surface area contributed by atoms with Gasteiger partial charge in [-0.2, -0.15) is 0 Å². The van der Waals surface area contributed by atoms with E-state index in [-0.39, 0.29) is 0 Å². The minimum Gasteiger partial charge on any atom is -0.478 e. The van der Waals surface area contributed by atoms with Gasteiger partial charge in [-0.05, 0) is 35.8 Å². The molecule has 0 aliphatic carbocycles. The Kier molecular flexibility index (Phi) is 4.92. The second-order valence-electron chi connectivity index (χ2n) is 3.27. The van der Waals surface area contributed by atoms with Gasteiger partial charge in [0.15, 0.2) is 0 Å². The number of aliphatic carboxylic acids is 1. The number of carboxylic acid groups (broad SMARTS) is 1. The van der Waals surface area contributed by atoms with Gasteiger partial charge < -0.3 is 9.90 Å². The molecule has 0 amide bonds. The minimum absolute atomic E-state index is 0.471. The summed E-state index contributed by atoms with van der Waals surface area (Å²) in [6.45, 7) is 0. The van der Waals surface area contributed by atoms with Crippen molar-refractivity contribution in [2.45, 2.75) is 12.8 Å². The lowest BCUT2D eigenvalue weighted by Gasteiger charge is -2.02. The van der Waals surface area contributed by atoms with Crippen molar-refractivity contribution >= 4 is 34.3 Å². The Morgan fingerprint density at radius 3 is 2.75 bits per heavy atom. The molecule has 0 aromatic heterocycles. The second-order valence-corrected chi connectivity index (χ2v) is 4.19. The van der Waals surface area contributed by atoms with E-state index in [0.29, 0.717) is 12.8 Å². The topological polar surface area (TPSA) is 54.4 Å². The normalized spacial score (nSPS) is 10.6. The van der Waals surface area contributed by atoms with E-state index in [1.807, 2.05) is 18.2 Å². The number of aldehydes is 1. The number of aryl methyl sites for hydroxylation is 1. The average Bonchev–Trinajstić information content (AvgIpc) is 2.23. The fraction of sp³-hybridized carbons (Fsp3) is 0.167. The molecule has 4 heteroatoms. The van der Waals surface area contributed by atoms with Gasteiger partial charge in [0.2, 0.25) is 0 Å². The van der Waals surface area contributed by atoms with Gasteiger partial charge in [0.05, 0.1) is 0 Å². The smallest absolute Gasteiger partial charge is 0.328 e. The molecule has 0 aliphatic rings. The van der Waals surface area contributed by atoms with Crippen LogP contribution in [0.15, 0.2) is 28.7 Å². The van der Waals surface area contributed by atoms with Crippen LogP contribution in [-0.2, 0) is 16.0 Å². The van der Waals surface area contributed by atoms with Crippen LogP contribution in [0.25, 0.3) is 6.08 Å². The molecule has 0 atom stereocenters. The molecule has 1 aromatic rings. The summed E-state index contributed by atoms with van der Waals surface area (Å²) < 4.78 is 0.876. The number of hydrogen-bond acceptors (Lipinski definition) is 2. The van der Waals surface area contributed by atoms with Gasteiger partial charge in [-0.1, -0.05) is 22.0 Å². The van der Waals surface area contributed by atoms with Gasteiger partial charge in [0.25, 0.3) is 0 Å². The Morgan fingerprint density at radius 1 is 1.38 bits per heavy atom. The fourth-order valence-electron chi connectivity index (χ4n) is 1.31. The van der Waals surface area contributed by atoms with Crippen LogP contribution in [0.5, 0.6) is 0 Å². The van der Waals surface area contributed by atoms with Crippen molar-refractivity contribution in [1.82, 2.24) is 0 Å². The van der Waals surface area contributed by atoms with Crippen molar-refractivity contribution in [2.24, 2.45) is 0 Å². The monoisotopic (exact) mass is 282 g/mol. The van der Waals surface area contributed by atoms with E-state index in [2.05, 4.69) is 15.9 Å². The Labute approximate surface area is 102 Å². The third kappa shape index (κ3) is 4.40. The number of carboxylic acids is 1. The Balaban J connectivity index is 2.89. The molecule has 1 rings (SSSR count). The van der Waals surface area contributed by atoms with Crippen LogP contribution in [0.2, 0.25) is 0 Å². The largest absolute Gasteiger partial charge is 0.478 e. The maximum Gasteiger partial charge on any atom is 0.328 e. The number of carbonyl (C=O) groups excluding carboxylic acids is 1. The SMILES string of the molecule is O=CCCc1cc(Br)cc(/C=C/C(=O)O)c1. The number of halogens is 1. The van der Waals surface area contributed by atoms with E-state index in [9.17, 15) is 9.59 Å². The minimum atomic E-state index is -0.977. The number of benzene rings is 1. The lowest BCUT2D eigenvalue weighted by atomic mass is 10.1. The molecule has 16 heavy (non-hydrogen) atoms. The first kappa shape index (κ1) is 12.6. The molecule has 0 heterocycles. The molecular weight excluding hydrogens is 272 g/mol. The van der Waals surface area contributed by atoms with E-state index in [1.54, 1.807) is 0 Å². The Hall–Kier alpha value is -1.42. The van der Waals surface area contributed by atoms with E-state index in [1.165, 1.54) is 6.08 Å². The van der Waals surface area contributed by atoms with Crippen molar-refractivity contribution in [2.75, 3.05) is 0 Å². The summed E-state index contributed by atoms with van der Waals surface area (Å²) >= 11 is 3.34. The van der Waals surface area contributed by atoms with Crippen molar-refractivity contribution < 1.29 is 14.7 Å². The first-order chi connectivity index (χ1) is 7.61. The zero-order chi connectivity index (χ0) is 12.0. The first-order valence-corrected chi connectivity index (χ1v) is 5.55. The molecule has 0 bridgehead atoms. The van der Waals surface area contributed by atoms with Crippen LogP contribution in [0, 0.1) is 0 Å². The zero-order valence-corrected chi connectivity index (χ0v) is 10.1. The van der Waals surface area contributed by atoms with Crippen LogP contribution < -0.4 is 0 Å². The third-order valence-electron chi connectivity index (χ3n) is 1.95. The average molecular weight is 283 g/mol. The summed E-state index contributed by atoms with van der Waals surface area (Å²) in [5.41, 5.74) is 1.81. The lowest BCUT2D eigenvalue weighted by molar-refractivity contribution is -0.131. The highest BCUT2D eigenvalue weighted by atomic mass is 79.9. The van der Waals surface area contributed by atoms with Crippen LogP contribution >= 0.6 is 15.9 Å². The van der Waals surface area contributed by atoms with Crippen LogP contribution in [0.4, 0.5) is 0 Å². The molecule has 0 spiro atoms. The maximum absolute atomic E-state index is 10.4. The third-order valence-corrected chi connectivity index (χ3v) is 2.41. The molecule has 0 fully saturated rings. The number of rotatable bonds is 5. The molecule has 3 nitrogen and oxygen atoms in total. The summed E-state index contributed by atoms with van der Waals surface area (Å²) in [7, 11) is 0. The number of hydrogen-bond donors (Lipinski definition) is 1. The predicted octanol–water partition coefficient (Wildman–Crippen LogP) is 2.68. The molecule has 0 radical (unpaired) electrons. The van der Waals surface area contributed by atoms with E-state index < -0.39 is 5.97 Å². The van der Waals surface area contributed by atoms with Gasteiger partial charge in [0.1, 0.15) is 6.29 Å². The Bertz CT molecular complexity index is 424. The first-order valence-electron chi connectivity index (χ1n) is 4.76. The highest BCUT2D eigenvalue weighted by Crippen LogP contribution is 2.18. The summed E-state index contributed by atoms with van der Waals surface area (Å²) in [5, 5.41) is 8.51. The predicted molar refractivity (Wildman–Crippen MR) is 65.2 cm³/mol. The molecule has 0 saturated heterocycles. The molecule has 0 saturated carbocycles. The van der Waals surface area contributed by atoms with Gasteiger partial charge in [-0.25, -0.2) is 4.79 Å².